The SMILES string of the molecule is Cc1c(C(=O)N2CCN(S(=O)(=O)N3CCOCC3)CC2)nc2ccccn12. The molecule has 4 heterocycles. The number of piperazine rings is 1. The molecule has 0 unspecified atom stereocenters. The minimum absolute atomic E-state index is 0.153. The van der Waals surface area contributed by atoms with Crippen LogP contribution in [-0.2, 0) is 14.9 Å². The van der Waals surface area contributed by atoms with Gasteiger partial charge in [0.15, 0.2) is 0 Å². The van der Waals surface area contributed by atoms with E-state index in [1.807, 2.05) is 35.7 Å². The summed E-state index contributed by atoms with van der Waals surface area (Å²) in [5.41, 5.74) is 1.94. The summed E-state index contributed by atoms with van der Waals surface area (Å²) in [5, 5.41) is 0. The average Bonchev–Trinajstić information content (AvgIpc) is 3.05. The van der Waals surface area contributed by atoms with E-state index in [0.717, 1.165) is 11.3 Å². The Morgan fingerprint density at radius 2 is 1.70 bits per heavy atom. The van der Waals surface area contributed by atoms with E-state index in [2.05, 4.69) is 4.98 Å². The van der Waals surface area contributed by atoms with Crippen molar-refractivity contribution in [2.75, 3.05) is 52.5 Å². The number of carbonyl (C=O) groups excluding carboxylic acids is 1. The third-order valence-electron chi connectivity index (χ3n) is 5.12. The van der Waals surface area contributed by atoms with Gasteiger partial charge >= 0.3 is 0 Å². The van der Waals surface area contributed by atoms with Crippen molar-refractivity contribution >= 4 is 21.8 Å². The van der Waals surface area contributed by atoms with Crippen LogP contribution in [0.3, 0.4) is 0 Å². The van der Waals surface area contributed by atoms with Crippen molar-refractivity contribution in [3.63, 3.8) is 0 Å². The summed E-state index contributed by atoms with van der Waals surface area (Å²) < 4.78 is 35.5. The lowest BCUT2D eigenvalue weighted by Gasteiger charge is -2.37. The highest BCUT2D eigenvalue weighted by Crippen LogP contribution is 2.18. The lowest BCUT2D eigenvalue weighted by atomic mass is 10.2. The van der Waals surface area contributed by atoms with Crippen LogP contribution in [0.25, 0.3) is 5.65 Å². The molecule has 2 aromatic heterocycles. The number of aromatic nitrogens is 2. The van der Waals surface area contributed by atoms with Crippen LogP contribution in [0.4, 0.5) is 0 Å². The van der Waals surface area contributed by atoms with Gasteiger partial charge in [-0.15, -0.1) is 0 Å². The van der Waals surface area contributed by atoms with Gasteiger partial charge in [-0.25, -0.2) is 4.98 Å². The van der Waals surface area contributed by atoms with Crippen LogP contribution in [0.2, 0.25) is 0 Å². The van der Waals surface area contributed by atoms with E-state index in [4.69, 9.17) is 4.74 Å². The van der Waals surface area contributed by atoms with Gasteiger partial charge < -0.3 is 14.0 Å². The van der Waals surface area contributed by atoms with Crippen molar-refractivity contribution in [2.24, 2.45) is 0 Å². The second-order valence-corrected chi connectivity index (χ2v) is 8.61. The maximum absolute atomic E-state index is 12.9. The molecule has 2 aromatic rings. The standard InChI is InChI=1S/C17H23N5O4S/c1-14-16(18-15-4-2-3-5-22(14)15)17(23)19-6-8-20(9-7-19)27(24,25)21-10-12-26-13-11-21/h2-5H,6-13H2,1H3. The smallest absolute Gasteiger partial charge is 0.282 e. The van der Waals surface area contributed by atoms with Crippen LogP contribution in [0.15, 0.2) is 24.4 Å². The third-order valence-corrected chi connectivity index (χ3v) is 7.16. The molecule has 2 fully saturated rings. The summed E-state index contributed by atoms with van der Waals surface area (Å²) in [7, 11) is -3.50. The predicted molar refractivity (Wildman–Crippen MR) is 98.7 cm³/mol. The molecular formula is C17H23N5O4S. The van der Waals surface area contributed by atoms with Crippen LogP contribution in [0.1, 0.15) is 16.2 Å². The molecule has 0 N–H and O–H groups in total. The van der Waals surface area contributed by atoms with Gasteiger partial charge in [-0.1, -0.05) is 6.07 Å². The molecule has 2 aliphatic rings. The number of hydrogen-bond donors (Lipinski definition) is 0. The van der Waals surface area contributed by atoms with Crippen LogP contribution in [0.5, 0.6) is 0 Å². The van der Waals surface area contributed by atoms with E-state index in [0.29, 0.717) is 45.1 Å². The van der Waals surface area contributed by atoms with Crippen molar-refractivity contribution in [3.8, 4) is 0 Å². The van der Waals surface area contributed by atoms with E-state index in [1.165, 1.54) is 8.61 Å². The van der Waals surface area contributed by atoms with Crippen LogP contribution in [-0.4, -0.2) is 89.7 Å². The number of imidazole rings is 1. The van der Waals surface area contributed by atoms with Crippen LogP contribution < -0.4 is 0 Å². The highest BCUT2D eigenvalue weighted by atomic mass is 32.2. The Labute approximate surface area is 158 Å². The molecule has 1 amide bonds. The Bertz CT molecular complexity index is 943. The van der Waals surface area contributed by atoms with Gasteiger partial charge in [0.1, 0.15) is 11.3 Å². The highest BCUT2D eigenvalue weighted by Gasteiger charge is 2.35. The quantitative estimate of drug-likeness (QED) is 0.731. The average molecular weight is 393 g/mol. The molecule has 10 heteroatoms. The molecule has 0 atom stereocenters. The number of amides is 1. The third kappa shape index (κ3) is 3.33. The van der Waals surface area contributed by atoms with E-state index in [1.54, 1.807) is 4.90 Å². The maximum Gasteiger partial charge on any atom is 0.282 e. The van der Waals surface area contributed by atoms with Gasteiger partial charge in [-0.2, -0.15) is 17.0 Å². The Hall–Kier alpha value is -2.01. The van der Waals surface area contributed by atoms with Crippen molar-refractivity contribution in [3.05, 3.63) is 35.8 Å². The molecule has 0 radical (unpaired) electrons. The lowest BCUT2D eigenvalue weighted by Crippen LogP contribution is -2.55. The number of carbonyl (C=O) groups is 1. The maximum atomic E-state index is 12.9. The second kappa shape index (κ2) is 7.19. The van der Waals surface area contributed by atoms with E-state index >= 15 is 0 Å². The molecular weight excluding hydrogens is 370 g/mol. The van der Waals surface area contributed by atoms with Gasteiger partial charge in [-0.3, -0.25) is 4.79 Å². The molecule has 4 rings (SSSR count). The molecule has 9 nitrogen and oxygen atoms in total. The molecule has 2 aliphatic heterocycles. The van der Waals surface area contributed by atoms with E-state index < -0.39 is 10.2 Å². The summed E-state index contributed by atoms with van der Waals surface area (Å²) >= 11 is 0. The zero-order valence-electron chi connectivity index (χ0n) is 15.2. The van der Waals surface area contributed by atoms with E-state index in [9.17, 15) is 13.2 Å². The van der Waals surface area contributed by atoms with Crippen molar-refractivity contribution in [1.82, 2.24) is 22.9 Å². The zero-order chi connectivity index (χ0) is 19.0. The molecule has 0 saturated carbocycles. The number of morpholine rings is 1. The van der Waals surface area contributed by atoms with Crippen molar-refractivity contribution < 1.29 is 17.9 Å². The summed E-state index contributed by atoms with van der Waals surface area (Å²) in [6, 6.07) is 5.63. The van der Waals surface area contributed by atoms with Gasteiger partial charge in [0, 0.05) is 45.5 Å². The predicted octanol–water partition coefficient (Wildman–Crippen LogP) is -0.0225. The van der Waals surface area contributed by atoms with Gasteiger partial charge in [0.25, 0.3) is 16.1 Å². The van der Waals surface area contributed by atoms with Crippen LogP contribution in [0, 0.1) is 6.92 Å². The molecule has 0 bridgehead atoms. The first kappa shape index (κ1) is 18.4. The Morgan fingerprint density at radius 3 is 2.37 bits per heavy atom. The number of fused-ring (bicyclic) bond motifs is 1. The monoisotopic (exact) mass is 393 g/mol. The van der Waals surface area contributed by atoms with Gasteiger partial charge in [-0.05, 0) is 19.1 Å². The molecule has 0 spiro atoms. The second-order valence-electron chi connectivity index (χ2n) is 6.69. The number of rotatable bonds is 3. The molecule has 0 aliphatic carbocycles. The number of aryl methyl sites for hydroxylation is 1. The van der Waals surface area contributed by atoms with Crippen molar-refractivity contribution in [1.29, 1.82) is 0 Å². The fourth-order valence-corrected chi connectivity index (χ4v) is 5.10. The normalized spacial score (nSPS) is 20.3. The summed E-state index contributed by atoms with van der Waals surface area (Å²) in [6.45, 7) is 4.76. The minimum atomic E-state index is -3.50. The number of pyridine rings is 1. The largest absolute Gasteiger partial charge is 0.379 e. The molecule has 27 heavy (non-hydrogen) atoms. The summed E-state index contributed by atoms with van der Waals surface area (Å²) in [4.78, 5) is 19.0. The fourth-order valence-electron chi connectivity index (χ4n) is 3.53. The van der Waals surface area contributed by atoms with Gasteiger partial charge in [0.2, 0.25) is 0 Å². The van der Waals surface area contributed by atoms with Gasteiger partial charge in [0.05, 0.1) is 18.9 Å². The zero-order valence-corrected chi connectivity index (χ0v) is 16.1. The summed E-state index contributed by atoms with van der Waals surface area (Å²) in [5.74, 6) is -0.153. The lowest BCUT2D eigenvalue weighted by molar-refractivity contribution is 0.0633. The highest BCUT2D eigenvalue weighted by molar-refractivity contribution is 7.86. The fraction of sp³-hybridized carbons (Fsp3) is 0.529. The number of ether oxygens (including phenoxy) is 1. The molecule has 2 saturated heterocycles. The number of nitrogens with zero attached hydrogens (tertiary/aromatic N) is 5. The topological polar surface area (TPSA) is 87.5 Å². The Balaban J connectivity index is 1.45. The Morgan fingerprint density at radius 1 is 1.04 bits per heavy atom. The minimum Gasteiger partial charge on any atom is -0.379 e. The Kier molecular flexibility index (Phi) is 4.89. The summed E-state index contributed by atoms with van der Waals surface area (Å²) in [6.07, 6.45) is 1.88. The first-order valence-corrected chi connectivity index (χ1v) is 10.4. The molecule has 146 valence electrons. The first-order chi connectivity index (χ1) is 13.0. The first-order valence-electron chi connectivity index (χ1n) is 9.04. The number of hydrogen-bond acceptors (Lipinski definition) is 5. The van der Waals surface area contributed by atoms with E-state index in [-0.39, 0.29) is 19.0 Å². The van der Waals surface area contributed by atoms with Crippen molar-refractivity contribution in [2.45, 2.75) is 6.92 Å². The molecule has 0 aromatic carbocycles. The van der Waals surface area contributed by atoms with Crippen LogP contribution >= 0.6 is 0 Å².